The summed E-state index contributed by atoms with van der Waals surface area (Å²) in [5.74, 6) is 0. The van der Waals surface area contributed by atoms with Crippen LogP contribution in [0.3, 0.4) is 0 Å². The first-order chi connectivity index (χ1) is 2.27. The van der Waals surface area contributed by atoms with Crippen molar-refractivity contribution in [2.24, 2.45) is 0 Å². The second-order valence-electron chi connectivity index (χ2n) is 1.28. The van der Waals surface area contributed by atoms with Crippen LogP contribution >= 0.6 is 11.8 Å². The van der Waals surface area contributed by atoms with Crippen LogP contribution in [0.4, 0.5) is 0 Å². The lowest BCUT2D eigenvalue weighted by molar-refractivity contribution is 1.12. The Bertz CT molecular complexity index is 17.6. The minimum Gasteiger partial charge on any atom is -0.163 e. The second-order valence-corrected chi connectivity index (χ2v) is 2.70. The van der Waals surface area contributed by atoms with Crippen LogP contribution in [0.15, 0.2) is 0 Å². The summed E-state index contributed by atoms with van der Waals surface area (Å²) in [6.45, 7) is 4.37. The predicted molar refractivity (Wildman–Crippen MR) is 28.7 cm³/mol. The van der Waals surface area contributed by atoms with Crippen molar-refractivity contribution in [3.8, 4) is 0 Å². The van der Waals surface area contributed by atoms with E-state index in [1.54, 1.807) is 0 Å². The molecule has 5 heavy (non-hydrogen) atoms. The summed E-state index contributed by atoms with van der Waals surface area (Å²) in [7, 11) is 0. The molecule has 0 aromatic carbocycles. The zero-order valence-electron chi connectivity index (χ0n) is 3.99. The van der Waals surface area contributed by atoms with Gasteiger partial charge in [0.05, 0.1) is 0 Å². The van der Waals surface area contributed by atoms with Gasteiger partial charge < -0.3 is 0 Å². The highest BCUT2D eigenvalue weighted by Gasteiger charge is 1.80. The number of rotatable bonds is 1. The highest BCUT2D eigenvalue weighted by Crippen LogP contribution is 2.00. The fourth-order valence-electron chi connectivity index (χ4n) is 0. The highest BCUT2D eigenvalue weighted by atomic mass is 32.2. The molecule has 0 aromatic rings. The van der Waals surface area contributed by atoms with Crippen LogP contribution in [0, 0.1) is 0 Å². The maximum absolute atomic E-state index is 2.19. The number of hydrogen-bond donors (Lipinski definition) is 0. The van der Waals surface area contributed by atoms with Crippen molar-refractivity contribution in [2.45, 2.75) is 19.1 Å². The van der Waals surface area contributed by atoms with Crippen molar-refractivity contribution in [1.29, 1.82) is 0 Å². The monoisotopic (exact) mass is 90.1 g/mol. The molecule has 0 aliphatic rings. The van der Waals surface area contributed by atoms with E-state index < -0.39 is 0 Å². The van der Waals surface area contributed by atoms with Crippen LogP contribution in [0.5, 0.6) is 0 Å². The minimum absolute atomic E-state index is 0.801. The molecule has 0 rings (SSSR count). The third kappa shape index (κ3) is 4.35. The highest BCUT2D eigenvalue weighted by molar-refractivity contribution is 7.99. The standard InChI is InChI=1S/C4H10S/c1-4(2)5-3/h4H,1-3H3. The van der Waals surface area contributed by atoms with Crippen LogP contribution in [0.25, 0.3) is 0 Å². The molecule has 0 radical (unpaired) electrons. The van der Waals surface area contributed by atoms with Gasteiger partial charge in [-0.15, -0.1) is 0 Å². The molecule has 0 heterocycles. The molecule has 0 fully saturated rings. The summed E-state index contributed by atoms with van der Waals surface area (Å²) in [4.78, 5) is 0. The summed E-state index contributed by atoms with van der Waals surface area (Å²) in [5, 5.41) is 0.801. The number of hydrogen-bond acceptors (Lipinski definition) is 1. The number of thioether (sulfide) groups is 1. The normalized spacial score (nSPS) is 9.60. The van der Waals surface area contributed by atoms with Crippen LogP contribution in [0.1, 0.15) is 13.8 Å². The van der Waals surface area contributed by atoms with Crippen molar-refractivity contribution in [2.75, 3.05) is 6.26 Å². The molecule has 0 aliphatic heterocycles. The van der Waals surface area contributed by atoms with Gasteiger partial charge in [-0.25, -0.2) is 0 Å². The maximum Gasteiger partial charge on any atom is -0.00125 e. The maximum atomic E-state index is 2.19. The summed E-state index contributed by atoms with van der Waals surface area (Å²) in [5.41, 5.74) is 0. The van der Waals surface area contributed by atoms with Crippen molar-refractivity contribution < 1.29 is 0 Å². The Morgan fingerprint density at radius 2 is 1.60 bits per heavy atom. The molecule has 32 valence electrons. The largest absolute Gasteiger partial charge is 0.163 e. The average molecular weight is 90.2 g/mol. The average Bonchev–Trinajstić information content (AvgIpc) is 1.38. The lowest BCUT2D eigenvalue weighted by Crippen LogP contribution is -1.79. The van der Waals surface area contributed by atoms with Gasteiger partial charge in [0.2, 0.25) is 0 Å². The molecule has 0 N–H and O–H groups in total. The molecule has 0 saturated carbocycles. The Balaban J connectivity index is 2.54. The van der Waals surface area contributed by atoms with Crippen LogP contribution < -0.4 is 0 Å². The third-order valence-corrected chi connectivity index (χ3v) is 1.41. The summed E-state index contributed by atoms with van der Waals surface area (Å²) in [6, 6.07) is 0. The van der Waals surface area contributed by atoms with E-state index in [0.717, 1.165) is 5.25 Å². The van der Waals surface area contributed by atoms with Crippen molar-refractivity contribution in [3.63, 3.8) is 0 Å². The fourth-order valence-corrected chi connectivity index (χ4v) is 0. The van der Waals surface area contributed by atoms with Crippen LogP contribution in [0.2, 0.25) is 0 Å². The van der Waals surface area contributed by atoms with Crippen LogP contribution in [-0.2, 0) is 0 Å². The topological polar surface area (TPSA) is 0 Å². The summed E-state index contributed by atoms with van der Waals surface area (Å²) < 4.78 is 0. The second kappa shape index (κ2) is 2.58. The lowest BCUT2D eigenvalue weighted by atomic mass is 10.6. The molecular formula is C4H10S. The Kier molecular flexibility index (Phi) is 2.76. The van der Waals surface area contributed by atoms with E-state index >= 15 is 0 Å². The Morgan fingerprint density at radius 3 is 1.60 bits per heavy atom. The lowest BCUT2D eigenvalue weighted by Gasteiger charge is -1.90. The molecule has 0 atom stereocenters. The smallest absolute Gasteiger partial charge is 0.00125 e. The van der Waals surface area contributed by atoms with Gasteiger partial charge in [-0.3, -0.25) is 0 Å². The molecule has 1 heteroatoms. The van der Waals surface area contributed by atoms with E-state index in [1.165, 1.54) is 0 Å². The molecule has 0 unspecified atom stereocenters. The predicted octanol–water partition coefficient (Wildman–Crippen LogP) is 1.76. The minimum atomic E-state index is 0.801. The molecule has 0 nitrogen and oxygen atoms in total. The van der Waals surface area contributed by atoms with Gasteiger partial charge >= 0.3 is 0 Å². The Hall–Kier alpha value is 0.350. The van der Waals surface area contributed by atoms with Gasteiger partial charge in [0, 0.05) is 0 Å². The molecule has 0 aliphatic carbocycles. The zero-order chi connectivity index (χ0) is 4.28. The van der Waals surface area contributed by atoms with E-state index in [4.69, 9.17) is 0 Å². The molecule has 0 amide bonds. The quantitative estimate of drug-likeness (QED) is 0.472. The summed E-state index contributed by atoms with van der Waals surface area (Å²) >= 11 is 1.88. The van der Waals surface area contributed by atoms with Crippen molar-refractivity contribution in [1.82, 2.24) is 0 Å². The molecule has 0 saturated heterocycles. The van der Waals surface area contributed by atoms with Crippen LogP contribution in [-0.4, -0.2) is 11.5 Å². The molecular weight excluding hydrogens is 80.1 g/mol. The Morgan fingerprint density at radius 1 is 1.40 bits per heavy atom. The van der Waals surface area contributed by atoms with Crippen molar-refractivity contribution >= 4 is 11.8 Å². The molecule has 0 bridgehead atoms. The zero-order valence-corrected chi connectivity index (χ0v) is 4.80. The van der Waals surface area contributed by atoms with Crippen molar-refractivity contribution in [3.05, 3.63) is 0 Å². The van der Waals surface area contributed by atoms with Gasteiger partial charge in [0.25, 0.3) is 0 Å². The van der Waals surface area contributed by atoms with E-state index in [-0.39, 0.29) is 0 Å². The van der Waals surface area contributed by atoms with Gasteiger partial charge in [-0.05, 0) is 11.5 Å². The fraction of sp³-hybridized carbons (Fsp3) is 1.00. The van der Waals surface area contributed by atoms with Gasteiger partial charge in [0.1, 0.15) is 0 Å². The first-order valence-electron chi connectivity index (χ1n) is 1.80. The first kappa shape index (κ1) is 5.35. The van der Waals surface area contributed by atoms with Gasteiger partial charge in [0.15, 0.2) is 0 Å². The summed E-state index contributed by atoms with van der Waals surface area (Å²) in [6.07, 6.45) is 2.12. The van der Waals surface area contributed by atoms with Gasteiger partial charge in [-0.2, -0.15) is 11.8 Å². The SMILES string of the molecule is CSC(C)C. The van der Waals surface area contributed by atoms with E-state index in [2.05, 4.69) is 20.1 Å². The third-order valence-electron chi connectivity index (χ3n) is 0.471. The van der Waals surface area contributed by atoms with E-state index in [0.29, 0.717) is 0 Å². The molecule has 0 aromatic heterocycles. The Labute approximate surface area is 38.0 Å². The van der Waals surface area contributed by atoms with E-state index in [1.807, 2.05) is 11.8 Å². The van der Waals surface area contributed by atoms with Gasteiger partial charge in [-0.1, -0.05) is 13.8 Å². The van der Waals surface area contributed by atoms with E-state index in [9.17, 15) is 0 Å². The first-order valence-corrected chi connectivity index (χ1v) is 3.09. The molecule has 0 spiro atoms.